The first-order chi connectivity index (χ1) is 8.56. The Bertz CT molecular complexity index is 655. The molecule has 1 aromatic heterocycles. The third-order valence-electron chi connectivity index (χ3n) is 2.54. The smallest absolute Gasteiger partial charge is 0.262 e. The maximum absolute atomic E-state index is 12.1. The van der Waals surface area contributed by atoms with Crippen molar-refractivity contribution in [2.75, 3.05) is 5.88 Å². The molecule has 1 aromatic carbocycles. The van der Waals surface area contributed by atoms with Crippen LogP contribution >= 0.6 is 23.2 Å². The van der Waals surface area contributed by atoms with Crippen molar-refractivity contribution in [3.8, 4) is 11.5 Å². The number of rotatable bonds is 3. The lowest BCUT2D eigenvalue weighted by Gasteiger charge is -2.08. The first kappa shape index (κ1) is 13.0. The maximum Gasteiger partial charge on any atom is 0.262 e. The first-order valence-corrected chi connectivity index (χ1v) is 6.13. The summed E-state index contributed by atoms with van der Waals surface area (Å²) < 4.78 is 1.37. The van der Waals surface area contributed by atoms with Gasteiger partial charge in [0.25, 0.3) is 5.56 Å². The van der Waals surface area contributed by atoms with Gasteiger partial charge in [-0.15, -0.1) is 11.6 Å². The molecule has 0 bridgehead atoms. The highest BCUT2D eigenvalue weighted by Gasteiger charge is 2.15. The van der Waals surface area contributed by atoms with E-state index in [9.17, 15) is 15.0 Å². The van der Waals surface area contributed by atoms with Crippen molar-refractivity contribution < 1.29 is 10.2 Å². The van der Waals surface area contributed by atoms with E-state index < -0.39 is 11.5 Å². The summed E-state index contributed by atoms with van der Waals surface area (Å²) in [6, 6.07) is 1.20. The second-order valence-corrected chi connectivity index (χ2v) is 4.49. The molecule has 0 atom stereocenters. The number of aryl methyl sites for hydroxylation is 1. The van der Waals surface area contributed by atoms with E-state index in [-0.39, 0.29) is 21.5 Å². The molecule has 0 unspecified atom stereocenters. The van der Waals surface area contributed by atoms with Crippen LogP contribution in [0.4, 0.5) is 0 Å². The van der Waals surface area contributed by atoms with Gasteiger partial charge in [-0.05, 0) is 6.42 Å². The molecule has 0 aliphatic heterocycles. The molecule has 0 saturated heterocycles. The fraction of sp³-hybridized carbons (Fsp3) is 0.273. The highest BCUT2D eigenvalue weighted by atomic mass is 35.5. The highest BCUT2D eigenvalue weighted by Crippen LogP contribution is 2.37. The Morgan fingerprint density at radius 2 is 2.11 bits per heavy atom. The lowest BCUT2D eigenvalue weighted by molar-refractivity contribution is 0.405. The molecule has 0 aliphatic rings. The molecular formula is C11H10Cl2N2O3. The van der Waals surface area contributed by atoms with E-state index in [1.807, 2.05) is 0 Å². The van der Waals surface area contributed by atoms with Gasteiger partial charge in [-0.25, -0.2) is 4.98 Å². The van der Waals surface area contributed by atoms with Crippen molar-refractivity contribution in [3.05, 3.63) is 27.8 Å². The van der Waals surface area contributed by atoms with E-state index in [1.54, 1.807) is 0 Å². The highest BCUT2D eigenvalue weighted by molar-refractivity contribution is 6.37. The molecule has 2 aromatic rings. The zero-order valence-corrected chi connectivity index (χ0v) is 10.7. The number of benzene rings is 1. The first-order valence-electron chi connectivity index (χ1n) is 5.21. The van der Waals surface area contributed by atoms with E-state index in [2.05, 4.69) is 4.98 Å². The number of phenols is 2. The van der Waals surface area contributed by atoms with Gasteiger partial charge in [-0.2, -0.15) is 0 Å². The number of phenolic OH excluding ortho intramolecular Hbond substituents is 2. The summed E-state index contributed by atoms with van der Waals surface area (Å²) in [6.07, 6.45) is 1.99. The van der Waals surface area contributed by atoms with Gasteiger partial charge in [0, 0.05) is 18.5 Å². The van der Waals surface area contributed by atoms with E-state index >= 15 is 0 Å². The number of aromatic hydroxyl groups is 2. The average Bonchev–Trinajstić information content (AvgIpc) is 2.35. The second-order valence-electron chi connectivity index (χ2n) is 3.74. The summed E-state index contributed by atoms with van der Waals surface area (Å²) in [5.74, 6) is -0.491. The molecule has 0 radical (unpaired) electrons. The summed E-state index contributed by atoms with van der Waals surface area (Å²) in [7, 11) is 0. The molecule has 0 aliphatic carbocycles. The molecule has 0 saturated carbocycles. The van der Waals surface area contributed by atoms with Crippen LogP contribution in [0.3, 0.4) is 0 Å². The molecule has 18 heavy (non-hydrogen) atoms. The average molecular weight is 289 g/mol. The number of nitrogens with zero attached hydrogens (tertiary/aromatic N) is 2. The maximum atomic E-state index is 12.1. The van der Waals surface area contributed by atoms with Crippen molar-refractivity contribution in [1.29, 1.82) is 0 Å². The Kier molecular flexibility index (Phi) is 3.63. The molecule has 7 heteroatoms. The van der Waals surface area contributed by atoms with Crippen LogP contribution in [0.1, 0.15) is 6.42 Å². The zero-order chi connectivity index (χ0) is 13.3. The van der Waals surface area contributed by atoms with Crippen molar-refractivity contribution >= 4 is 34.1 Å². The molecule has 0 amide bonds. The van der Waals surface area contributed by atoms with E-state index in [1.165, 1.54) is 17.0 Å². The van der Waals surface area contributed by atoms with Crippen molar-refractivity contribution in [3.63, 3.8) is 0 Å². The number of fused-ring (bicyclic) bond motifs is 1. The molecule has 2 rings (SSSR count). The molecule has 5 nitrogen and oxygen atoms in total. The van der Waals surface area contributed by atoms with Crippen LogP contribution in [0, 0.1) is 0 Å². The summed E-state index contributed by atoms with van der Waals surface area (Å²) in [5.41, 5.74) is -0.132. The standard InChI is InChI=1S/C11H10Cl2N2O3/c12-2-1-3-15-5-14-6-4-7(16)10(17)9(13)8(6)11(15)18/h4-5,16-17H,1-3H2. The number of hydrogen-bond acceptors (Lipinski definition) is 4. The lowest BCUT2D eigenvalue weighted by Crippen LogP contribution is -2.21. The minimum absolute atomic E-state index is 0.0871. The number of aromatic nitrogens is 2. The number of halogens is 2. The van der Waals surface area contributed by atoms with Gasteiger partial charge in [0.2, 0.25) is 0 Å². The van der Waals surface area contributed by atoms with Crippen LogP contribution in [0.2, 0.25) is 5.02 Å². The zero-order valence-electron chi connectivity index (χ0n) is 9.23. The summed E-state index contributed by atoms with van der Waals surface area (Å²) in [5, 5.41) is 18.8. The van der Waals surface area contributed by atoms with Crippen LogP contribution in [0.5, 0.6) is 11.5 Å². The number of hydrogen-bond donors (Lipinski definition) is 2. The van der Waals surface area contributed by atoms with Gasteiger partial charge in [0.05, 0.1) is 17.2 Å². The van der Waals surface area contributed by atoms with Crippen LogP contribution in [0.15, 0.2) is 17.2 Å². The molecule has 0 spiro atoms. The Morgan fingerprint density at radius 1 is 1.39 bits per heavy atom. The Morgan fingerprint density at radius 3 is 2.78 bits per heavy atom. The van der Waals surface area contributed by atoms with E-state index in [4.69, 9.17) is 23.2 Å². The summed E-state index contributed by atoms with van der Waals surface area (Å²) in [6.45, 7) is 0.420. The van der Waals surface area contributed by atoms with E-state index in [0.717, 1.165) is 0 Å². The Balaban J connectivity index is 2.70. The van der Waals surface area contributed by atoms with E-state index in [0.29, 0.717) is 18.8 Å². The van der Waals surface area contributed by atoms with Crippen LogP contribution < -0.4 is 5.56 Å². The fourth-order valence-corrected chi connectivity index (χ4v) is 2.03. The van der Waals surface area contributed by atoms with Gasteiger partial charge in [-0.3, -0.25) is 9.36 Å². The van der Waals surface area contributed by atoms with Crippen LogP contribution in [0.25, 0.3) is 10.9 Å². The Labute approximate surface area is 112 Å². The Hall–Kier alpha value is -1.46. The molecule has 1 heterocycles. The molecule has 0 fully saturated rings. The summed E-state index contributed by atoms with van der Waals surface area (Å²) in [4.78, 5) is 16.1. The van der Waals surface area contributed by atoms with Gasteiger partial charge in [-0.1, -0.05) is 11.6 Å². The van der Waals surface area contributed by atoms with Gasteiger partial charge >= 0.3 is 0 Å². The second kappa shape index (κ2) is 5.04. The van der Waals surface area contributed by atoms with Gasteiger partial charge in [0.1, 0.15) is 5.02 Å². The van der Waals surface area contributed by atoms with Gasteiger partial charge in [0.15, 0.2) is 11.5 Å². The molecule has 2 N–H and O–H groups in total. The van der Waals surface area contributed by atoms with Crippen molar-refractivity contribution in [2.45, 2.75) is 13.0 Å². The normalized spacial score (nSPS) is 11.0. The van der Waals surface area contributed by atoms with Crippen LogP contribution in [-0.2, 0) is 6.54 Å². The van der Waals surface area contributed by atoms with Crippen molar-refractivity contribution in [2.24, 2.45) is 0 Å². The van der Waals surface area contributed by atoms with Crippen LogP contribution in [-0.4, -0.2) is 25.6 Å². The third-order valence-corrected chi connectivity index (χ3v) is 3.18. The minimum atomic E-state index is -0.516. The predicted octanol–water partition coefficient (Wildman–Crippen LogP) is 2.09. The molecule has 96 valence electrons. The predicted molar refractivity (Wildman–Crippen MR) is 69.7 cm³/mol. The van der Waals surface area contributed by atoms with Crippen molar-refractivity contribution in [1.82, 2.24) is 9.55 Å². The monoisotopic (exact) mass is 288 g/mol. The number of alkyl halides is 1. The third kappa shape index (κ3) is 2.11. The molecular weight excluding hydrogens is 279 g/mol. The lowest BCUT2D eigenvalue weighted by atomic mass is 10.2. The minimum Gasteiger partial charge on any atom is -0.504 e. The SMILES string of the molecule is O=c1c2c(Cl)c(O)c(O)cc2ncn1CCCCl. The topological polar surface area (TPSA) is 75.3 Å². The largest absolute Gasteiger partial charge is 0.504 e. The fourth-order valence-electron chi connectivity index (χ4n) is 1.64. The quantitative estimate of drug-likeness (QED) is 0.670. The van der Waals surface area contributed by atoms with Gasteiger partial charge < -0.3 is 10.2 Å². The summed E-state index contributed by atoms with van der Waals surface area (Å²) >= 11 is 11.4.